The SMILES string of the molecule is O=C(Nc1cccc(C(F)(F)F)c1)c1cccc(NS(=O)(=O)c2ccccc2F)c1. The molecule has 0 unspecified atom stereocenters. The van der Waals surface area contributed by atoms with Crippen LogP contribution in [-0.2, 0) is 16.2 Å². The minimum absolute atomic E-state index is 0.0128. The second-order valence-corrected chi connectivity index (χ2v) is 7.80. The zero-order chi connectivity index (χ0) is 21.9. The molecule has 156 valence electrons. The van der Waals surface area contributed by atoms with Crippen molar-refractivity contribution < 1.29 is 30.8 Å². The van der Waals surface area contributed by atoms with E-state index < -0.39 is 38.4 Å². The van der Waals surface area contributed by atoms with Crippen LogP contribution in [-0.4, -0.2) is 14.3 Å². The molecular formula is C20H14F4N2O3S. The molecule has 0 spiro atoms. The van der Waals surface area contributed by atoms with Gasteiger partial charge >= 0.3 is 6.18 Å². The summed E-state index contributed by atoms with van der Waals surface area (Å²) in [5.41, 5.74) is -1.03. The van der Waals surface area contributed by atoms with Gasteiger partial charge in [0.1, 0.15) is 10.7 Å². The van der Waals surface area contributed by atoms with E-state index in [4.69, 9.17) is 0 Å². The first-order valence-corrected chi connectivity index (χ1v) is 9.90. The highest BCUT2D eigenvalue weighted by Crippen LogP contribution is 2.30. The summed E-state index contributed by atoms with van der Waals surface area (Å²) in [5, 5.41) is 2.33. The molecular weight excluding hydrogens is 424 g/mol. The molecule has 0 aromatic heterocycles. The Morgan fingerprint density at radius 2 is 1.50 bits per heavy atom. The number of rotatable bonds is 5. The zero-order valence-corrected chi connectivity index (χ0v) is 15.9. The summed E-state index contributed by atoms with van der Waals surface area (Å²) < 4.78 is 79.1. The van der Waals surface area contributed by atoms with Crippen LogP contribution >= 0.6 is 0 Å². The van der Waals surface area contributed by atoms with Gasteiger partial charge in [0.2, 0.25) is 0 Å². The van der Waals surface area contributed by atoms with Gasteiger partial charge in [-0.1, -0.05) is 24.3 Å². The van der Waals surface area contributed by atoms with E-state index in [-0.39, 0.29) is 16.9 Å². The summed E-state index contributed by atoms with van der Waals surface area (Å²) in [6.07, 6.45) is -4.56. The number of anilines is 2. The lowest BCUT2D eigenvalue weighted by Crippen LogP contribution is -2.16. The van der Waals surface area contributed by atoms with Crippen molar-refractivity contribution in [3.63, 3.8) is 0 Å². The molecule has 10 heteroatoms. The summed E-state index contributed by atoms with van der Waals surface area (Å²) in [6, 6.07) is 14.1. The molecule has 1 amide bonds. The second-order valence-electron chi connectivity index (χ2n) is 6.15. The van der Waals surface area contributed by atoms with Crippen molar-refractivity contribution >= 4 is 27.3 Å². The molecule has 0 fully saturated rings. The molecule has 2 N–H and O–H groups in total. The third-order valence-corrected chi connectivity index (χ3v) is 5.37. The minimum Gasteiger partial charge on any atom is -0.322 e. The predicted octanol–water partition coefficient (Wildman–Crippen LogP) is 4.90. The Morgan fingerprint density at radius 3 is 2.20 bits per heavy atom. The lowest BCUT2D eigenvalue weighted by Gasteiger charge is -2.11. The summed E-state index contributed by atoms with van der Waals surface area (Å²) in [7, 11) is -4.25. The summed E-state index contributed by atoms with van der Waals surface area (Å²) in [4.78, 5) is 11.8. The van der Waals surface area contributed by atoms with Gasteiger partial charge in [-0.25, -0.2) is 12.8 Å². The van der Waals surface area contributed by atoms with Gasteiger partial charge in [-0.05, 0) is 48.5 Å². The van der Waals surface area contributed by atoms with Crippen molar-refractivity contribution in [2.24, 2.45) is 0 Å². The van der Waals surface area contributed by atoms with Gasteiger partial charge in [0.15, 0.2) is 0 Å². The third-order valence-electron chi connectivity index (χ3n) is 3.95. The fourth-order valence-corrected chi connectivity index (χ4v) is 3.70. The van der Waals surface area contributed by atoms with Crippen LogP contribution < -0.4 is 10.0 Å². The lowest BCUT2D eigenvalue weighted by atomic mass is 10.1. The number of amides is 1. The fraction of sp³-hybridized carbons (Fsp3) is 0.0500. The Labute approximate surface area is 169 Å². The fourth-order valence-electron chi connectivity index (χ4n) is 2.57. The highest BCUT2D eigenvalue weighted by atomic mass is 32.2. The van der Waals surface area contributed by atoms with Crippen LogP contribution in [0.4, 0.5) is 28.9 Å². The predicted molar refractivity (Wildman–Crippen MR) is 103 cm³/mol. The summed E-state index contributed by atoms with van der Waals surface area (Å²) >= 11 is 0. The molecule has 3 rings (SSSR count). The van der Waals surface area contributed by atoms with Gasteiger partial charge in [0, 0.05) is 16.9 Å². The van der Waals surface area contributed by atoms with E-state index in [0.717, 1.165) is 30.3 Å². The lowest BCUT2D eigenvalue weighted by molar-refractivity contribution is -0.137. The first-order chi connectivity index (χ1) is 14.1. The van der Waals surface area contributed by atoms with Gasteiger partial charge < -0.3 is 5.32 Å². The zero-order valence-electron chi connectivity index (χ0n) is 15.1. The Bertz CT molecular complexity index is 1190. The third kappa shape index (κ3) is 4.95. The molecule has 0 aliphatic heterocycles. The van der Waals surface area contributed by atoms with Crippen LogP contribution in [0.5, 0.6) is 0 Å². The van der Waals surface area contributed by atoms with Crippen LogP contribution in [0.2, 0.25) is 0 Å². The van der Waals surface area contributed by atoms with Crippen molar-refractivity contribution in [2.75, 3.05) is 10.0 Å². The van der Waals surface area contributed by atoms with Crippen molar-refractivity contribution in [1.82, 2.24) is 0 Å². The average Bonchev–Trinajstić information content (AvgIpc) is 2.67. The number of halogens is 4. The van der Waals surface area contributed by atoms with Crippen LogP contribution in [0.15, 0.2) is 77.7 Å². The van der Waals surface area contributed by atoms with E-state index in [9.17, 15) is 30.8 Å². The minimum atomic E-state index is -4.56. The maximum absolute atomic E-state index is 13.8. The van der Waals surface area contributed by atoms with Gasteiger partial charge in [0.05, 0.1) is 5.56 Å². The maximum Gasteiger partial charge on any atom is 0.416 e. The highest BCUT2D eigenvalue weighted by Gasteiger charge is 2.30. The van der Waals surface area contributed by atoms with Crippen LogP contribution in [0.25, 0.3) is 0 Å². The molecule has 0 saturated carbocycles. The van der Waals surface area contributed by atoms with Gasteiger partial charge in [-0.15, -0.1) is 0 Å². The molecule has 3 aromatic carbocycles. The monoisotopic (exact) mass is 438 g/mol. The van der Waals surface area contributed by atoms with E-state index in [1.54, 1.807) is 0 Å². The Kier molecular flexibility index (Phi) is 5.79. The molecule has 0 aliphatic rings. The number of sulfonamides is 1. The van der Waals surface area contributed by atoms with E-state index in [1.807, 2.05) is 0 Å². The first-order valence-electron chi connectivity index (χ1n) is 8.42. The molecule has 30 heavy (non-hydrogen) atoms. The van der Waals surface area contributed by atoms with E-state index >= 15 is 0 Å². The Balaban J connectivity index is 1.80. The van der Waals surface area contributed by atoms with Crippen molar-refractivity contribution in [2.45, 2.75) is 11.1 Å². The molecule has 3 aromatic rings. The Morgan fingerprint density at radius 1 is 0.833 bits per heavy atom. The average molecular weight is 438 g/mol. The molecule has 0 bridgehead atoms. The smallest absolute Gasteiger partial charge is 0.322 e. The number of carbonyl (C=O) groups is 1. The number of benzene rings is 3. The van der Waals surface area contributed by atoms with Crippen LogP contribution in [0.3, 0.4) is 0 Å². The molecule has 5 nitrogen and oxygen atoms in total. The molecule has 0 atom stereocenters. The van der Waals surface area contributed by atoms with Crippen LogP contribution in [0, 0.1) is 5.82 Å². The van der Waals surface area contributed by atoms with E-state index in [0.29, 0.717) is 0 Å². The van der Waals surface area contributed by atoms with Crippen molar-refractivity contribution in [3.8, 4) is 0 Å². The van der Waals surface area contributed by atoms with Crippen LogP contribution in [0.1, 0.15) is 15.9 Å². The quantitative estimate of drug-likeness (QED) is 0.557. The first kappa shape index (κ1) is 21.3. The standard InChI is InChI=1S/C20H14F4N2O3S/c21-17-9-1-2-10-18(17)30(28,29)26-16-8-3-5-13(11-16)19(27)25-15-7-4-6-14(12-15)20(22,23)24/h1-12,26H,(H,25,27). The van der Waals surface area contributed by atoms with Gasteiger partial charge in [-0.2, -0.15) is 13.2 Å². The topological polar surface area (TPSA) is 75.3 Å². The molecule has 0 aliphatic carbocycles. The molecule has 0 radical (unpaired) electrons. The number of carbonyl (C=O) groups excluding carboxylic acids is 1. The normalized spacial score (nSPS) is 11.7. The number of hydrogen-bond donors (Lipinski definition) is 2. The summed E-state index contributed by atoms with van der Waals surface area (Å²) in [5.74, 6) is -1.69. The van der Waals surface area contributed by atoms with Gasteiger partial charge in [0.25, 0.3) is 15.9 Å². The molecule has 0 saturated heterocycles. The Hall–Kier alpha value is -3.40. The van der Waals surface area contributed by atoms with E-state index in [2.05, 4.69) is 10.0 Å². The maximum atomic E-state index is 13.8. The number of hydrogen-bond acceptors (Lipinski definition) is 3. The largest absolute Gasteiger partial charge is 0.416 e. The number of alkyl halides is 3. The summed E-state index contributed by atoms with van der Waals surface area (Å²) in [6.45, 7) is 0. The number of nitrogens with one attached hydrogen (secondary N) is 2. The molecule has 0 heterocycles. The van der Waals surface area contributed by atoms with Gasteiger partial charge in [-0.3, -0.25) is 9.52 Å². The van der Waals surface area contributed by atoms with Crippen molar-refractivity contribution in [3.05, 3.63) is 89.7 Å². The van der Waals surface area contributed by atoms with E-state index in [1.165, 1.54) is 42.5 Å². The second kappa shape index (κ2) is 8.15. The highest BCUT2D eigenvalue weighted by molar-refractivity contribution is 7.92. The van der Waals surface area contributed by atoms with Crippen molar-refractivity contribution in [1.29, 1.82) is 0 Å².